The minimum Gasteiger partial charge on any atom is -0.207 e. The normalized spacial score (nSPS) is 13.0. The maximum absolute atomic E-state index is 14.0. The van der Waals surface area contributed by atoms with Gasteiger partial charge in [-0.05, 0) is 46.5 Å². The Balaban J connectivity index is 1.67. The predicted octanol–water partition coefficient (Wildman–Crippen LogP) is 8.23. The van der Waals surface area contributed by atoms with E-state index in [4.69, 9.17) is 0 Å². The van der Waals surface area contributed by atoms with Crippen LogP contribution in [0.4, 0.5) is 8.78 Å². The lowest BCUT2D eigenvalue weighted by molar-refractivity contribution is 0.625. The fourth-order valence-corrected chi connectivity index (χ4v) is 6.59. The third-order valence-corrected chi connectivity index (χ3v) is 7.83. The minimum atomic E-state index is -0.247. The highest BCUT2D eigenvalue weighted by atomic mass is 33.1. The molecule has 4 aromatic carbocycles. The van der Waals surface area contributed by atoms with Crippen LogP contribution in [0.15, 0.2) is 109 Å². The van der Waals surface area contributed by atoms with Crippen molar-refractivity contribution >= 4 is 21.6 Å². The van der Waals surface area contributed by atoms with Crippen LogP contribution in [0, 0.1) is 11.6 Å². The summed E-state index contributed by atoms with van der Waals surface area (Å²) in [4.78, 5) is 0. The summed E-state index contributed by atoms with van der Waals surface area (Å²) in [5.41, 5.74) is 4.02. The third kappa shape index (κ3) is 5.13. The molecule has 4 heteroatoms. The van der Waals surface area contributed by atoms with Crippen LogP contribution < -0.4 is 0 Å². The molecule has 30 heavy (non-hydrogen) atoms. The topological polar surface area (TPSA) is 0 Å². The maximum atomic E-state index is 14.0. The van der Waals surface area contributed by atoms with E-state index in [1.807, 2.05) is 48.5 Å². The van der Waals surface area contributed by atoms with Crippen molar-refractivity contribution in [2.24, 2.45) is 0 Å². The van der Waals surface area contributed by atoms with Crippen molar-refractivity contribution in [1.29, 1.82) is 0 Å². The number of halogens is 2. The standard InChI is InChI=1S/C26H20F2S2/c27-23-15-7-13-21(17-23)25(19-9-3-1-4-10-19)29-30-26(20-11-5-2-6-12-20)22-14-8-16-24(28)18-22/h1-18,25-26H. The van der Waals surface area contributed by atoms with Gasteiger partial charge < -0.3 is 0 Å². The SMILES string of the molecule is Fc1cccc(C(SSC(c2ccccc2)c2cccc(F)c2)c2ccccc2)c1. The van der Waals surface area contributed by atoms with Crippen LogP contribution in [0.25, 0.3) is 0 Å². The molecule has 0 aliphatic carbocycles. The Hall–Kier alpha value is -2.56. The van der Waals surface area contributed by atoms with Crippen LogP contribution in [0.5, 0.6) is 0 Å². The van der Waals surface area contributed by atoms with Crippen molar-refractivity contribution in [1.82, 2.24) is 0 Å². The van der Waals surface area contributed by atoms with Crippen molar-refractivity contribution < 1.29 is 8.78 Å². The number of hydrogen-bond donors (Lipinski definition) is 0. The highest BCUT2D eigenvalue weighted by Crippen LogP contribution is 2.51. The summed E-state index contributed by atoms with van der Waals surface area (Å²) < 4.78 is 27.9. The van der Waals surface area contributed by atoms with E-state index in [2.05, 4.69) is 24.3 Å². The Morgan fingerprint density at radius 1 is 0.433 bits per heavy atom. The van der Waals surface area contributed by atoms with Crippen molar-refractivity contribution in [3.63, 3.8) is 0 Å². The van der Waals surface area contributed by atoms with Crippen LogP contribution in [0.2, 0.25) is 0 Å². The van der Waals surface area contributed by atoms with Gasteiger partial charge in [-0.3, -0.25) is 0 Å². The molecule has 0 saturated carbocycles. The molecule has 0 aliphatic heterocycles. The summed E-state index contributed by atoms with van der Waals surface area (Å²) in [5.74, 6) is -0.493. The summed E-state index contributed by atoms with van der Waals surface area (Å²) in [5, 5.41) is -0.0988. The molecule has 0 aliphatic rings. The fourth-order valence-electron chi connectivity index (χ4n) is 3.31. The van der Waals surface area contributed by atoms with E-state index in [1.165, 1.54) is 12.1 Å². The Labute approximate surface area is 183 Å². The van der Waals surface area contributed by atoms with Gasteiger partial charge in [0.05, 0.1) is 10.5 Å². The Morgan fingerprint density at radius 3 is 1.17 bits per heavy atom. The molecule has 0 amide bonds. The Kier molecular flexibility index (Phi) is 6.88. The first-order chi connectivity index (χ1) is 14.7. The van der Waals surface area contributed by atoms with Gasteiger partial charge >= 0.3 is 0 Å². The quantitative estimate of drug-likeness (QED) is 0.269. The molecule has 2 atom stereocenters. The van der Waals surface area contributed by atoms with E-state index >= 15 is 0 Å². The first-order valence-corrected chi connectivity index (χ1v) is 11.9. The number of hydrogen-bond acceptors (Lipinski definition) is 2. The lowest BCUT2D eigenvalue weighted by atomic mass is 10.0. The second kappa shape index (κ2) is 9.96. The molecule has 0 saturated heterocycles. The first-order valence-electron chi connectivity index (χ1n) is 9.63. The average Bonchev–Trinajstić information content (AvgIpc) is 2.78. The summed E-state index contributed by atoms with van der Waals surface area (Å²) in [6.07, 6.45) is 0. The zero-order valence-corrected chi connectivity index (χ0v) is 17.8. The molecular weight excluding hydrogens is 414 g/mol. The molecule has 0 nitrogen and oxygen atoms in total. The van der Waals surface area contributed by atoms with E-state index in [0.717, 1.165) is 22.3 Å². The zero-order chi connectivity index (χ0) is 20.8. The largest absolute Gasteiger partial charge is 0.207 e. The predicted molar refractivity (Wildman–Crippen MR) is 125 cm³/mol. The smallest absolute Gasteiger partial charge is 0.123 e. The van der Waals surface area contributed by atoms with Gasteiger partial charge in [0.2, 0.25) is 0 Å². The van der Waals surface area contributed by atoms with Crippen LogP contribution in [0.1, 0.15) is 32.8 Å². The highest BCUT2D eigenvalue weighted by molar-refractivity contribution is 8.76. The zero-order valence-electron chi connectivity index (χ0n) is 16.1. The molecule has 4 aromatic rings. The molecule has 2 unspecified atom stereocenters. The van der Waals surface area contributed by atoms with Gasteiger partial charge in [-0.1, -0.05) is 107 Å². The molecule has 0 fully saturated rings. The lowest BCUT2D eigenvalue weighted by Gasteiger charge is -2.22. The monoisotopic (exact) mass is 434 g/mol. The van der Waals surface area contributed by atoms with Crippen LogP contribution in [0.3, 0.4) is 0 Å². The third-order valence-electron chi connectivity index (χ3n) is 4.76. The highest BCUT2D eigenvalue weighted by Gasteiger charge is 2.21. The minimum absolute atomic E-state index is 0.0494. The fraction of sp³-hybridized carbons (Fsp3) is 0.0769. The van der Waals surface area contributed by atoms with E-state index < -0.39 is 0 Å². The lowest BCUT2D eigenvalue weighted by Crippen LogP contribution is -1.99. The molecule has 0 bridgehead atoms. The van der Waals surface area contributed by atoms with Crippen LogP contribution in [-0.2, 0) is 0 Å². The van der Waals surface area contributed by atoms with Gasteiger partial charge in [-0.2, -0.15) is 0 Å². The summed E-state index contributed by atoms with van der Waals surface area (Å²) >= 11 is 0. The van der Waals surface area contributed by atoms with E-state index in [0.29, 0.717) is 0 Å². The Morgan fingerprint density at radius 2 is 0.800 bits per heavy atom. The number of benzene rings is 4. The molecule has 0 N–H and O–H groups in total. The van der Waals surface area contributed by atoms with Crippen molar-refractivity contribution in [2.45, 2.75) is 10.5 Å². The van der Waals surface area contributed by atoms with Gasteiger partial charge in [-0.15, -0.1) is 0 Å². The van der Waals surface area contributed by atoms with Crippen molar-refractivity contribution in [2.75, 3.05) is 0 Å². The first kappa shape index (κ1) is 20.7. The van der Waals surface area contributed by atoms with E-state index in [-0.39, 0.29) is 22.1 Å². The summed E-state index contributed by atoms with van der Waals surface area (Å²) in [6.45, 7) is 0. The van der Waals surface area contributed by atoms with Gasteiger partial charge in [0.25, 0.3) is 0 Å². The average molecular weight is 435 g/mol. The van der Waals surface area contributed by atoms with Gasteiger partial charge in [0.1, 0.15) is 11.6 Å². The molecule has 0 aromatic heterocycles. The van der Waals surface area contributed by atoms with Crippen molar-refractivity contribution in [3.05, 3.63) is 143 Å². The van der Waals surface area contributed by atoms with Crippen molar-refractivity contribution in [3.8, 4) is 0 Å². The van der Waals surface area contributed by atoms with Gasteiger partial charge in [0.15, 0.2) is 0 Å². The molecule has 4 rings (SSSR count). The number of rotatable bonds is 7. The van der Waals surface area contributed by atoms with E-state index in [1.54, 1.807) is 45.9 Å². The molecular formula is C26H20F2S2. The molecule has 150 valence electrons. The van der Waals surface area contributed by atoms with Gasteiger partial charge in [-0.25, -0.2) is 8.78 Å². The maximum Gasteiger partial charge on any atom is 0.123 e. The second-order valence-electron chi connectivity index (χ2n) is 6.88. The Bertz CT molecular complexity index is 995. The van der Waals surface area contributed by atoms with E-state index in [9.17, 15) is 8.78 Å². The summed E-state index contributed by atoms with van der Waals surface area (Å²) in [7, 11) is 3.34. The van der Waals surface area contributed by atoms with Gasteiger partial charge in [0, 0.05) is 0 Å². The second-order valence-corrected chi connectivity index (χ2v) is 9.37. The van der Waals surface area contributed by atoms with Crippen LogP contribution >= 0.6 is 21.6 Å². The molecule has 0 radical (unpaired) electrons. The molecule has 0 spiro atoms. The van der Waals surface area contributed by atoms with Crippen LogP contribution in [-0.4, -0.2) is 0 Å². The molecule has 0 heterocycles. The summed E-state index contributed by atoms with van der Waals surface area (Å²) in [6, 6.07) is 33.7.